The standard InChI is InChI=1S/C13H11N3S/c1-16-8-7-15-13(16)11-4-9-17-12(11)10-2-5-14-6-3-10/h2-9H,1H3. The van der Waals surface area contributed by atoms with Gasteiger partial charge in [0.1, 0.15) is 5.82 Å². The summed E-state index contributed by atoms with van der Waals surface area (Å²) in [4.78, 5) is 9.69. The van der Waals surface area contributed by atoms with Gasteiger partial charge < -0.3 is 4.57 Å². The van der Waals surface area contributed by atoms with Crippen LogP contribution in [0, 0.1) is 0 Å². The minimum Gasteiger partial charge on any atom is -0.334 e. The van der Waals surface area contributed by atoms with E-state index in [1.165, 1.54) is 16.0 Å². The number of thiophene rings is 1. The van der Waals surface area contributed by atoms with E-state index in [0.717, 1.165) is 5.82 Å². The third kappa shape index (κ3) is 1.76. The molecular weight excluding hydrogens is 230 g/mol. The normalized spacial score (nSPS) is 10.6. The largest absolute Gasteiger partial charge is 0.334 e. The van der Waals surface area contributed by atoms with Crippen molar-refractivity contribution in [1.29, 1.82) is 0 Å². The molecule has 3 rings (SSSR count). The molecule has 0 bridgehead atoms. The first-order valence-electron chi connectivity index (χ1n) is 5.32. The van der Waals surface area contributed by atoms with Crippen LogP contribution in [0.25, 0.3) is 21.8 Å². The molecule has 17 heavy (non-hydrogen) atoms. The summed E-state index contributed by atoms with van der Waals surface area (Å²) in [6.07, 6.45) is 7.42. The number of hydrogen-bond donors (Lipinski definition) is 0. The van der Waals surface area contributed by atoms with Crippen LogP contribution in [0.4, 0.5) is 0 Å². The van der Waals surface area contributed by atoms with Gasteiger partial charge in [-0.05, 0) is 29.1 Å². The quantitative estimate of drug-likeness (QED) is 0.689. The molecule has 0 amide bonds. The van der Waals surface area contributed by atoms with Crippen molar-refractivity contribution in [3.63, 3.8) is 0 Å². The van der Waals surface area contributed by atoms with E-state index >= 15 is 0 Å². The molecule has 0 aromatic carbocycles. The molecule has 4 heteroatoms. The first-order valence-corrected chi connectivity index (χ1v) is 6.20. The lowest BCUT2D eigenvalue weighted by molar-refractivity contribution is 0.926. The maximum Gasteiger partial charge on any atom is 0.141 e. The molecule has 0 saturated carbocycles. The van der Waals surface area contributed by atoms with Crippen molar-refractivity contribution in [3.05, 3.63) is 48.4 Å². The Labute approximate surface area is 103 Å². The van der Waals surface area contributed by atoms with Gasteiger partial charge in [0, 0.05) is 42.3 Å². The molecule has 3 nitrogen and oxygen atoms in total. The van der Waals surface area contributed by atoms with Gasteiger partial charge in [-0.15, -0.1) is 11.3 Å². The molecule has 84 valence electrons. The predicted molar refractivity (Wildman–Crippen MR) is 69.8 cm³/mol. The zero-order chi connectivity index (χ0) is 11.7. The van der Waals surface area contributed by atoms with Crippen molar-refractivity contribution < 1.29 is 0 Å². The third-order valence-electron chi connectivity index (χ3n) is 2.67. The summed E-state index contributed by atoms with van der Waals surface area (Å²) in [6, 6.07) is 6.17. The second-order valence-corrected chi connectivity index (χ2v) is 4.68. The fourth-order valence-electron chi connectivity index (χ4n) is 1.84. The highest BCUT2D eigenvalue weighted by Crippen LogP contribution is 2.35. The number of aromatic nitrogens is 3. The third-order valence-corrected chi connectivity index (χ3v) is 3.63. The van der Waals surface area contributed by atoms with E-state index in [0.29, 0.717) is 0 Å². The fourth-order valence-corrected chi connectivity index (χ4v) is 2.74. The second kappa shape index (κ2) is 4.14. The molecule has 0 aliphatic heterocycles. The van der Waals surface area contributed by atoms with Crippen LogP contribution in [0.5, 0.6) is 0 Å². The van der Waals surface area contributed by atoms with Gasteiger partial charge in [0.05, 0.1) is 0 Å². The Morgan fingerprint density at radius 2 is 1.94 bits per heavy atom. The van der Waals surface area contributed by atoms with Crippen molar-refractivity contribution in [3.8, 4) is 21.8 Å². The Morgan fingerprint density at radius 3 is 2.65 bits per heavy atom. The molecule has 0 spiro atoms. The Hall–Kier alpha value is -1.94. The molecule has 0 N–H and O–H groups in total. The highest BCUT2D eigenvalue weighted by Gasteiger charge is 2.11. The van der Waals surface area contributed by atoms with Crippen LogP contribution in [0.3, 0.4) is 0 Å². The summed E-state index contributed by atoms with van der Waals surface area (Å²) in [5.41, 5.74) is 2.36. The second-order valence-electron chi connectivity index (χ2n) is 3.76. The Bertz CT molecular complexity index is 625. The molecule has 0 aliphatic rings. The van der Waals surface area contributed by atoms with Gasteiger partial charge in [0.15, 0.2) is 0 Å². The molecule has 3 aromatic heterocycles. The van der Waals surface area contributed by atoms with Crippen LogP contribution in [0.1, 0.15) is 0 Å². The number of hydrogen-bond acceptors (Lipinski definition) is 3. The Balaban J connectivity index is 2.16. The SMILES string of the molecule is Cn1ccnc1-c1ccsc1-c1ccncc1. The zero-order valence-electron chi connectivity index (χ0n) is 9.37. The van der Waals surface area contributed by atoms with E-state index in [2.05, 4.69) is 21.4 Å². The van der Waals surface area contributed by atoms with Gasteiger partial charge in [0.25, 0.3) is 0 Å². The number of aryl methyl sites for hydroxylation is 1. The van der Waals surface area contributed by atoms with Crippen LogP contribution in [-0.2, 0) is 7.05 Å². The first-order chi connectivity index (χ1) is 8.36. The highest BCUT2D eigenvalue weighted by molar-refractivity contribution is 7.14. The van der Waals surface area contributed by atoms with E-state index in [9.17, 15) is 0 Å². The molecule has 0 atom stereocenters. The minimum absolute atomic E-state index is 0.998. The van der Waals surface area contributed by atoms with Crippen LogP contribution in [-0.4, -0.2) is 14.5 Å². The van der Waals surface area contributed by atoms with Crippen LogP contribution in [0.2, 0.25) is 0 Å². The van der Waals surface area contributed by atoms with Gasteiger partial charge in [0.2, 0.25) is 0 Å². The van der Waals surface area contributed by atoms with E-state index < -0.39 is 0 Å². The summed E-state index contributed by atoms with van der Waals surface area (Å²) in [5.74, 6) is 0.998. The lowest BCUT2D eigenvalue weighted by Gasteiger charge is -2.03. The lowest BCUT2D eigenvalue weighted by atomic mass is 10.1. The Morgan fingerprint density at radius 1 is 1.12 bits per heavy atom. The molecule has 0 radical (unpaired) electrons. The van der Waals surface area contributed by atoms with Gasteiger partial charge in [-0.3, -0.25) is 4.98 Å². The molecule has 3 heterocycles. The lowest BCUT2D eigenvalue weighted by Crippen LogP contribution is -1.91. The van der Waals surface area contributed by atoms with Crippen LogP contribution in [0.15, 0.2) is 48.4 Å². The van der Waals surface area contributed by atoms with Crippen molar-refractivity contribution in [2.24, 2.45) is 7.05 Å². The van der Waals surface area contributed by atoms with E-state index in [1.54, 1.807) is 11.3 Å². The van der Waals surface area contributed by atoms with Crippen molar-refractivity contribution in [1.82, 2.24) is 14.5 Å². The first kappa shape index (κ1) is 10.2. The fraction of sp³-hybridized carbons (Fsp3) is 0.0769. The predicted octanol–water partition coefficient (Wildman–Crippen LogP) is 3.21. The van der Waals surface area contributed by atoms with Gasteiger partial charge >= 0.3 is 0 Å². The number of rotatable bonds is 2. The van der Waals surface area contributed by atoms with Gasteiger partial charge in [-0.25, -0.2) is 4.98 Å². The molecule has 0 aliphatic carbocycles. The molecule has 0 fully saturated rings. The van der Waals surface area contributed by atoms with Gasteiger partial charge in [-0.2, -0.15) is 0 Å². The van der Waals surface area contributed by atoms with E-state index in [4.69, 9.17) is 0 Å². The number of nitrogens with zero attached hydrogens (tertiary/aromatic N) is 3. The van der Waals surface area contributed by atoms with Crippen molar-refractivity contribution >= 4 is 11.3 Å². The maximum absolute atomic E-state index is 4.40. The summed E-state index contributed by atoms with van der Waals surface area (Å²) in [7, 11) is 2.01. The smallest absolute Gasteiger partial charge is 0.141 e. The molecular formula is C13H11N3S. The van der Waals surface area contributed by atoms with Crippen LogP contribution >= 0.6 is 11.3 Å². The summed E-state index contributed by atoms with van der Waals surface area (Å²) < 4.78 is 2.03. The van der Waals surface area contributed by atoms with Gasteiger partial charge in [-0.1, -0.05) is 0 Å². The summed E-state index contributed by atoms with van der Waals surface area (Å²) >= 11 is 1.73. The number of pyridine rings is 1. The molecule has 0 saturated heterocycles. The van der Waals surface area contributed by atoms with E-state index in [-0.39, 0.29) is 0 Å². The van der Waals surface area contributed by atoms with Crippen molar-refractivity contribution in [2.75, 3.05) is 0 Å². The monoisotopic (exact) mass is 241 g/mol. The summed E-state index contributed by atoms with van der Waals surface area (Å²) in [5, 5.41) is 2.10. The average molecular weight is 241 g/mol. The number of imidazole rings is 1. The molecule has 0 unspecified atom stereocenters. The topological polar surface area (TPSA) is 30.7 Å². The summed E-state index contributed by atoms with van der Waals surface area (Å²) in [6.45, 7) is 0. The Kier molecular flexibility index (Phi) is 2.49. The zero-order valence-corrected chi connectivity index (χ0v) is 10.2. The minimum atomic E-state index is 0.998. The maximum atomic E-state index is 4.40. The average Bonchev–Trinajstić information content (AvgIpc) is 2.98. The van der Waals surface area contributed by atoms with Crippen molar-refractivity contribution in [2.45, 2.75) is 0 Å². The highest BCUT2D eigenvalue weighted by atomic mass is 32.1. The van der Waals surface area contributed by atoms with E-state index in [1.807, 2.05) is 48.5 Å². The van der Waals surface area contributed by atoms with Crippen LogP contribution < -0.4 is 0 Å². The molecule has 3 aromatic rings.